The molecule has 17 heavy (non-hydrogen) atoms. The Bertz CT molecular complexity index is 350. The van der Waals surface area contributed by atoms with E-state index in [1.165, 1.54) is 16.9 Å². The van der Waals surface area contributed by atoms with E-state index in [-0.39, 0.29) is 0 Å². The van der Waals surface area contributed by atoms with Crippen molar-refractivity contribution in [1.29, 1.82) is 0 Å². The second kappa shape index (κ2) is 5.98. The molecular weight excluding hydrogens is 230 g/mol. The summed E-state index contributed by atoms with van der Waals surface area (Å²) in [5.74, 6) is 0.636. The number of hydrogen-bond acceptors (Lipinski definition) is 3. The highest BCUT2D eigenvalue weighted by molar-refractivity contribution is 7.10. The summed E-state index contributed by atoms with van der Waals surface area (Å²) in [6, 6.07) is 2.70. The average Bonchev–Trinajstić information content (AvgIpc) is 2.94. The number of ether oxygens (including phenoxy) is 1. The Balaban J connectivity index is 2.20. The van der Waals surface area contributed by atoms with Crippen LogP contribution in [0.4, 0.5) is 0 Å². The summed E-state index contributed by atoms with van der Waals surface area (Å²) in [7, 11) is 0. The van der Waals surface area contributed by atoms with Crippen LogP contribution < -0.4 is 5.32 Å². The molecule has 1 saturated heterocycles. The fourth-order valence-electron chi connectivity index (χ4n) is 2.83. The second-order valence-electron chi connectivity index (χ2n) is 4.77. The highest BCUT2D eigenvalue weighted by atomic mass is 32.1. The molecule has 2 rings (SSSR count). The number of nitrogens with one attached hydrogen (secondary N) is 1. The monoisotopic (exact) mass is 253 g/mol. The summed E-state index contributed by atoms with van der Waals surface area (Å²) < 4.78 is 5.84. The summed E-state index contributed by atoms with van der Waals surface area (Å²) in [4.78, 5) is 1.50. The minimum absolute atomic E-state index is 0.431. The summed E-state index contributed by atoms with van der Waals surface area (Å²) in [6.45, 7) is 8.58. The van der Waals surface area contributed by atoms with Gasteiger partial charge in [-0.15, -0.1) is 11.3 Å². The van der Waals surface area contributed by atoms with Gasteiger partial charge in [-0.1, -0.05) is 13.8 Å². The maximum absolute atomic E-state index is 5.84. The van der Waals surface area contributed by atoms with Crippen LogP contribution in [-0.4, -0.2) is 19.3 Å². The van der Waals surface area contributed by atoms with Gasteiger partial charge in [-0.2, -0.15) is 0 Å². The van der Waals surface area contributed by atoms with Gasteiger partial charge in [-0.25, -0.2) is 0 Å². The SMILES string of the molecule is CCNC(c1sccc1C)C1CCOC1CC. The Labute approximate surface area is 108 Å². The number of thiophene rings is 1. The molecule has 0 spiro atoms. The molecule has 1 fully saturated rings. The van der Waals surface area contributed by atoms with Crippen LogP contribution in [0.3, 0.4) is 0 Å². The zero-order valence-electron chi connectivity index (χ0n) is 11.0. The van der Waals surface area contributed by atoms with Crippen LogP contribution in [0.25, 0.3) is 0 Å². The molecule has 3 atom stereocenters. The molecule has 1 N–H and O–H groups in total. The van der Waals surface area contributed by atoms with Crippen LogP contribution in [0.5, 0.6) is 0 Å². The summed E-state index contributed by atoms with van der Waals surface area (Å²) >= 11 is 1.88. The first-order valence-corrected chi connectivity index (χ1v) is 7.54. The number of aryl methyl sites for hydroxylation is 1. The first kappa shape index (κ1) is 13.1. The van der Waals surface area contributed by atoms with Crippen LogP contribution in [-0.2, 0) is 4.74 Å². The van der Waals surface area contributed by atoms with Gasteiger partial charge in [-0.05, 0) is 43.3 Å². The standard InChI is InChI=1S/C14H23NOS/c1-4-12-11(6-8-16-12)13(15-5-2)14-10(3)7-9-17-14/h7,9,11-13,15H,4-6,8H2,1-3H3. The van der Waals surface area contributed by atoms with Gasteiger partial charge in [-0.3, -0.25) is 0 Å². The third kappa shape index (κ3) is 2.72. The Morgan fingerprint density at radius 1 is 1.53 bits per heavy atom. The van der Waals surface area contributed by atoms with Crippen molar-refractivity contribution in [3.05, 3.63) is 21.9 Å². The van der Waals surface area contributed by atoms with Crippen molar-refractivity contribution in [1.82, 2.24) is 5.32 Å². The fraction of sp³-hybridized carbons (Fsp3) is 0.714. The fourth-order valence-corrected chi connectivity index (χ4v) is 3.91. The smallest absolute Gasteiger partial charge is 0.0620 e. The maximum atomic E-state index is 5.84. The minimum Gasteiger partial charge on any atom is -0.378 e. The van der Waals surface area contributed by atoms with E-state index in [0.29, 0.717) is 18.1 Å². The van der Waals surface area contributed by atoms with Crippen molar-refractivity contribution < 1.29 is 4.74 Å². The molecule has 2 nitrogen and oxygen atoms in total. The predicted octanol–water partition coefficient (Wildman–Crippen LogP) is 3.52. The molecule has 1 aliphatic heterocycles. The molecule has 1 aliphatic rings. The topological polar surface area (TPSA) is 21.3 Å². The lowest BCUT2D eigenvalue weighted by Crippen LogP contribution is -2.32. The van der Waals surface area contributed by atoms with Crippen molar-refractivity contribution in [2.75, 3.05) is 13.2 Å². The van der Waals surface area contributed by atoms with Gasteiger partial charge >= 0.3 is 0 Å². The normalized spacial score (nSPS) is 26.3. The Kier molecular flexibility index (Phi) is 4.60. The van der Waals surface area contributed by atoms with E-state index in [0.717, 1.165) is 19.6 Å². The average molecular weight is 253 g/mol. The van der Waals surface area contributed by atoms with Crippen molar-refractivity contribution in [3.8, 4) is 0 Å². The van der Waals surface area contributed by atoms with E-state index in [1.807, 2.05) is 11.3 Å². The van der Waals surface area contributed by atoms with Crippen molar-refractivity contribution in [2.24, 2.45) is 5.92 Å². The molecule has 0 aliphatic carbocycles. The lowest BCUT2D eigenvalue weighted by atomic mass is 9.89. The highest BCUT2D eigenvalue weighted by Crippen LogP contribution is 2.38. The molecule has 0 saturated carbocycles. The first-order valence-electron chi connectivity index (χ1n) is 6.66. The second-order valence-corrected chi connectivity index (χ2v) is 5.72. The van der Waals surface area contributed by atoms with E-state index in [9.17, 15) is 0 Å². The molecular formula is C14H23NOS. The molecule has 0 bridgehead atoms. The maximum Gasteiger partial charge on any atom is 0.0620 e. The van der Waals surface area contributed by atoms with Gasteiger partial charge in [0.15, 0.2) is 0 Å². The lowest BCUT2D eigenvalue weighted by Gasteiger charge is -2.27. The van der Waals surface area contributed by atoms with Crippen LogP contribution in [0.15, 0.2) is 11.4 Å². The third-order valence-corrected chi connectivity index (χ3v) is 4.80. The van der Waals surface area contributed by atoms with Crippen LogP contribution in [0.1, 0.15) is 43.2 Å². The third-order valence-electron chi connectivity index (χ3n) is 3.70. The van der Waals surface area contributed by atoms with Gasteiger partial charge < -0.3 is 10.1 Å². The zero-order valence-corrected chi connectivity index (χ0v) is 11.8. The van der Waals surface area contributed by atoms with Gasteiger partial charge in [0.2, 0.25) is 0 Å². The molecule has 0 amide bonds. The number of rotatable bonds is 5. The Morgan fingerprint density at radius 2 is 2.35 bits per heavy atom. The molecule has 3 unspecified atom stereocenters. The first-order chi connectivity index (χ1) is 8.27. The highest BCUT2D eigenvalue weighted by Gasteiger charge is 2.35. The molecule has 1 aromatic rings. The van der Waals surface area contributed by atoms with E-state index in [2.05, 4.69) is 37.5 Å². The van der Waals surface area contributed by atoms with Crippen molar-refractivity contribution >= 4 is 11.3 Å². The van der Waals surface area contributed by atoms with Gasteiger partial charge in [0, 0.05) is 23.4 Å². The van der Waals surface area contributed by atoms with Crippen LogP contribution in [0.2, 0.25) is 0 Å². The quantitative estimate of drug-likeness (QED) is 0.867. The van der Waals surface area contributed by atoms with Crippen LogP contribution >= 0.6 is 11.3 Å². The minimum atomic E-state index is 0.431. The van der Waals surface area contributed by atoms with Crippen molar-refractivity contribution in [2.45, 2.75) is 45.8 Å². The summed E-state index contributed by atoms with van der Waals surface area (Å²) in [5.41, 5.74) is 1.42. The molecule has 0 radical (unpaired) electrons. The Hall–Kier alpha value is -0.380. The summed E-state index contributed by atoms with van der Waals surface area (Å²) in [5, 5.41) is 5.86. The predicted molar refractivity (Wildman–Crippen MR) is 73.6 cm³/mol. The van der Waals surface area contributed by atoms with E-state index < -0.39 is 0 Å². The molecule has 96 valence electrons. The van der Waals surface area contributed by atoms with E-state index >= 15 is 0 Å². The van der Waals surface area contributed by atoms with Gasteiger partial charge in [0.1, 0.15) is 0 Å². The molecule has 2 heterocycles. The van der Waals surface area contributed by atoms with Crippen LogP contribution in [0, 0.1) is 12.8 Å². The number of hydrogen-bond donors (Lipinski definition) is 1. The lowest BCUT2D eigenvalue weighted by molar-refractivity contribution is 0.0779. The van der Waals surface area contributed by atoms with Gasteiger partial charge in [0.25, 0.3) is 0 Å². The van der Waals surface area contributed by atoms with Gasteiger partial charge in [0.05, 0.1) is 6.10 Å². The molecule has 0 aromatic carbocycles. The molecule has 3 heteroatoms. The van der Waals surface area contributed by atoms with E-state index in [1.54, 1.807) is 0 Å². The zero-order chi connectivity index (χ0) is 12.3. The summed E-state index contributed by atoms with van der Waals surface area (Å²) in [6.07, 6.45) is 2.74. The van der Waals surface area contributed by atoms with E-state index in [4.69, 9.17) is 4.74 Å². The van der Waals surface area contributed by atoms with Crippen molar-refractivity contribution in [3.63, 3.8) is 0 Å². The Morgan fingerprint density at radius 3 is 2.94 bits per heavy atom. The largest absolute Gasteiger partial charge is 0.378 e. The molecule has 1 aromatic heterocycles.